The molecule has 2 heterocycles. The molecule has 176 valence electrons. The zero-order chi connectivity index (χ0) is 24.8. The van der Waals surface area contributed by atoms with Crippen molar-refractivity contribution in [3.63, 3.8) is 0 Å². The van der Waals surface area contributed by atoms with Gasteiger partial charge in [0.25, 0.3) is 10.0 Å². The first-order chi connectivity index (χ1) is 16.8. The third-order valence-electron chi connectivity index (χ3n) is 4.59. The van der Waals surface area contributed by atoms with Crippen LogP contribution in [0.2, 0.25) is 0 Å². The molecule has 4 rings (SSSR count). The van der Waals surface area contributed by atoms with Crippen molar-refractivity contribution >= 4 is 49.8 Å². The number of aromatic nitrogens is 3. The number of carbonyl (C=O) groups is 1. The number of nitriles is 1. The van der Waals surface area contributed by atoms with Gasteiger partial charge in [0.2, 0.25) is 11.0 Å². The van der Waals surface area contributed by atoms with E-state index in [1.165, 1.54) is 24.3 Å². The predicted molar refractivity (Wildman–Crippen MR) is 136 cm³/mol. The summed E-state index contributed by atoms with van der Waals surface area (Å²) in [5.74, 6) is -0.290. The third-order valence-corrected chi connectivity index (χ3v) is 7.82. The largest absolute Gasteiger partial charge is 0.325 e. The minimum atomic E-state index is -3.82. The Labute approximate surface area is 210 Å². The molecule has 0 fully saturated rings. The zero-order valence-electron chi connectivity index (χ0n) is 18.3. The minimum absolute atomic E-state index is 0.0257. The van der Waals surface area contributed by atoms with Crippen LogP contribution >= 0.6 is 23.1 Å². The lowest BCUT2D eigenvalue weighted by Gasteiger charge is -2.09. The molecule has 4 aromatic rings. The van der Waals surface area contributed by atoms with Crippen molar-refractivity contribution in [1.29, 1.82) is 5.26 Å². The van der Waals surface area contributed by atoms with E-state index in [0.717, 1.165) is 28.7 Å². The lowest BCUT2D eigenvalue weighted by molar-refractivity contribution is -0.113. The number of benzene rings is 2. The molecule has 0 unspecified atom stereocenters. The van der Waals surface area contributed by atoms with Gasteiger partial charge in [0.15, 0.2) is 0 Å². The second-order valence-corrected chi connectivity index (χ2v) is 10.9. The molecular formula is C23H18N6O3S3. The molecule has 2 aromatic carbocycles. The van der Waals surface area contributed by atoms with Crippen LogP contribution in [0.1, 0.15) is 10.6 Å². The Balaban J connectivity index is 1.39. The number of carbonyl (C=O) groups excluding carboxylic acids is 1. The molecule has 0 aliphatic heterocycles. The number of sulfonamides is 1. The summed E-state index contributed by atoms with van der Waals surface area (Å²) in [5.41, 5.74) is 2.44. The lowest BCUT2D eigenvalue weighted by Crippen LogP contribution is -2.15. The van der Waals surface area contributed by atoms with Crippen LogP contribution < -0.4 is 10.0 Å². The molecule has 0 bridgehead atoms. The number of hydrogen-bond acceptors (Lipinski definition) is 9. The first-order valence-corrected chi connectivity index (χ1v) is 13.4. The van der Waals surface area contributed by atoms with Gasteiger partial charge in [-0.25, -0.2) is 13.4 Å². The maximum atomic E-state index is 12.5. The van der Waals surface area contributed by atoms with Gasteiger partial charge in [0.05, 0.1) is 21.9 Å². The summed E-state index contributed by atoms with van der Waals surface area (Å²) in [6.45, 7) is 1.72. The molecule has 0 saturated heterocycles. The van der Waals surface area contributed by atoms with Gasteiger partial charge in [-0.05, 0) is 43.3 Å². The van der Waals surface area contributed by atoms with Crippen LogP contribution in [0.4, 0.5) is 10.8 Å². The molecule has 0 radical (unpaired) electrons. The molecule has 0 saturated carbocycles. The van der Waals surface area contributed by atoms with Crippen molar-refractivity contribution in [3.8, 4) is 17.3 Å². The average molecular weight is 523 g/mol. The monoisotopic (exact) mass is 522 g/mol. The van der Waals surface area contributed by atoms with Gasteiger partial charge in [0, 0.05) is 11.3 Å². The molecule has 0 aliphatic carbocycles. The van der Waals surface area contributed by atoms with Crippen LogP contribution in [-0.2, 0) is 14.8 Å². The van der Waals surface area contributed by atoms with Gasteiger partial charge in [-0.3, -0.25) is 9.52 Å². The van der Waals surface area contributed by atoms with E-state index >= 15 is 0 Å². The maximum absolute atomic E-state index is 12.5. The van der Waals surface area contributed by atoms with E-state index < -0.39 is 10.0 Å². The molecule has 35 heavy (non-hydrogen) atoms. The van der Waals surface area contributed by atoms with Gasteiger partial charge in [-0.1, -0.05) is 53.4 Å². The van der Waals surface area contributed by atoms with E-state index in [1.807, 2.05) is 30.3 Å². The van der Waals surface area contributed by atoms with E-state index in [-0.39, 0.29) is 21.7 Å². The molecule has 0 aliphatic rings. The first-order valence-electron chi connectivity index (χ1n) is 10.2. The first kappa shape index (κ1) is 24.3. The molecule has 2 aromatic heterocycles. The molecule has 2 N–H and O–H groups in total. The summed E-state index contributed by atoms with van der Waals surface area (Å²) in [4.78, 5) is 17.1. The number of anilines is 2. The highest BCUT2D eigenvalue weighted by Gasteiger charge is 2.17. The number of nitrogens with zero attached hydrogens (tertiary/aromatic N) is 4. The minimum Gasteiger partial charge on any atom is -0.325 e. The Morgan fingerprint density at radius 3 is 2.46 bits per heavy atom. The van der Waals surface area contributed by atoms with Crippen molar-refractivity contribution in [1.82, 2.24) is 15.2 Å². The second kappa shape index (κ2) is 10.6. The predicted octanol–water partition coefficient (Wildman–Crippen LogP) is 4.31. The SMILES string of the molecule is Cc1nnc(NS(=O)(=O)c2ccc(NC(=O)CSc3nc(-c4ccccc4)ccc3C#N)cc2)s1. The summed E-state index contributed by atoms with van der Waals surface area (Å²) >= 11 is 2.28. The lowest BCUT2D eigenvalue weighted by atomic mass is 10.1. The fraction of sp³-hybridized carbons (Fsp3) is 0.0870. The van der Waals surface area contributed by atoms with Crippen molar-refractivity contribution < 1.29 is 13.2 Å². The number of amides is 1. The number of nitrogens with one attached hydrogen (secondary N) is 2. The third kappa shape index (κ3) is 6.21. The summed E-state index contributed by atoms with van der Waals surface area (Å²) in [6.07, 6.45) is 0. The maximum Gasteiger partial charge on any atom is 0.263 e. The quantitative estimate of drug-likeness (QED) is 0.327. The Morgan fingerprint density at radius 1 is 1.06 bits per heavy atom. The summed E-state index contributed by atoms with van der Waals surface area (Å²) in [7, 11) is -3.82. The normalized spacial score (nSPS) is 11.0. The fourth-order valence-electron chi connectivity index (χ4n) is 2.97. The Morgan fingerprint density at radius 2 is 1.80 bits per heavy atom. The van der Waals surface area contributed by atoms with Crippen molar-refractivity contribution in [3.05, 3.63) is 77.3 Å². The molecule has 1 amide bonds. The molecule has 0 atom stereocenters. The number of hydrogen-bond donors (Lipinski definition) is 2. The van der Waals surface area contributed by atoms with Gasteiger partial charge >= 0.3 is 0 Å². The van der Waals surface area contributed by atoms with Crippen LogP contribution in [0.3, 0.4) is 0 Å². The number of thioether (sulfide) groups is 1. The van der Waals surface area contributed by atoms with E-state index in [9.17, 15) is 18.5 Å². The van der Waals surface area contributed by atoms with Crippen LogP contribution in [0.25, 0.3) is 11.3 Å². The van der Waals surface area contributed by atoms with E-state index in [1.54, 1.807) is 19.1 Å². The molecule has 9 nitrogen and oxygen atoms in total. The zero-order valence-corrected chi connectivity index (χ0v) is 20.7. The fourth-order valence-corrected chi connectivity index (χ4v) is 5.56. The van der Waals surface area contributed by atoms with Crippen molar-refractivity contribution in [2.75, 3.05) is 15.8 Å². The Bertz CT molecular complexity index is 1500. The summed E-state index contributed by atoms with van der Waals surface area (Å²) < 4.78 is 27.4. The summed E-state index contributed by atoms with van der Waals surface area (Å²) in [6, 6.07) is 20.9. The van der Waals surface area contributed by atoms with E-state index in [4.69, 9.17) is 0 Å². The van der Waals surface area contributed by atoms with Crippen LogP contribution in [0.5, 0.6) is 0 Å². The smallest absolute Gasteiger partial charge is 0.263 e. The highest BCUT2D eigenvalue weighted by atomic mass is 32.2. The number of aryl methyl sites for hydroxylation is 1. The average Bonchev–Trinajstić information content (AvgIpc) is 3.27. The number of pyridine rings is 1. The highest BCUT2D eigenvalue weighted by Crippen LogP contribution is 2.26. The molecular weight excluding hydrogens is 504 g/mol. The van der Waals surface area contributed by atoms with E-state index in [2.05, 4.69) is 31.3 Å². The van der Waals surface area contributed by atoms with Gasteiger partial charge in [0.1, 0.15) is 16.1 Å². The van der Waals surface area contributed by atoms with Crippen molar-refractivity contribution in [2.24, 2.45) is 0 Å². The van der Waals surface area contributed by atoms with Gasteiger partial charge in [-0.2, -0.15) is 5.26 Å². The number of rotatable bonds is 8. The Hall–Kier alpha value is -3.79. The highest BCUT2D eigenvalue weighted by molar-refractivity contribution is 8.00. The Kier molecular flexibility index (Phi) is 7.40. The molecule has 12 heteroatoms. The molecule has 0 spiro atoms. The standard InChI is InChI=1S/C23H18N6O3S3/c1-15-27-28-23(34-15)29-35(31,32)19-10-8-18(9-11-19)25-21(30)14-33-22-17(13-24)7-12-20(26-22)16-5-3-2-4-6-16/h2-12H,14H2,1H3,(H,25,30)(H,28,29). The van der Waals surface area contributed by atoms with Crippen LogP contribution in [-0.4, -0.2) is 35.3 Å². The van der Waals surface area contributed by atoms with E-state index in [0.29, 0.717) is 27.0 Å². The van der Waals surface area contributed by atoms with Gasteiger partial charge in [-0.15, -0.1) is 10.2 Å². The van der Waals surface area contributed by atoms with Gasteiger partial charge < -0.3 is 5.32 Å². The van der Waals surface area contributed by atoms with Crippen molar-refractivity contribution in [2.45, 2.75) is 16.8 Å². The van der Waals surface area contributed by atoms with Crippen LogP contribution in [0.15, 0.2) is 76.7 Å². The topological polar surface area (TPSA) is 138 Å². The summed E-state index contributed by atoms with van der Waals surface area (Å²) in [5, 5.41) is 20.9. The second-order valence-electron chi connectivity index (χ2n) is 7.12. The van der Waals surface area contributed by atoms with Crippen LogP contribution in [0, 0.1) is 18.3 Å².